The van der Waals surface area contributed by atoms with E-state index in [9.17, 15) is 0 Å². The van der Waals surface area contributed by atoms with Crippen LogP contribution in [0.2, 0.25) is 0 Å². The van der Waals surface area contributed by atoms with E-state index in [1.165, 1.54) is 37.1 Å². The van der Waals surface area contributed by atoms with Gasteiger partial charge in [-0.15, -0.1) is 0 Å². The molecular weight excluding hydrogens is 220 g/mol. The molecule has 1 atom stereocenters. The normalized spacial score (nSPS) is 21.8. The second-order valence-electron chi connectivity index (χ2n) is 6.36. The van der Waals surface area contributed by atoms with E-state index < -0.39 is 0 Å². The van der Waals surface area contributed by atoms with E-state index in [0.717, 1.165) is 0 Å². The highest BCUT2D eigenvalue weighted by Gasteiger charge is 2.29. The van der Waals surface area contributed by atoms with Crippen molar-refractivity contribution in [2.45, 2.75) is 39.7 Å². The van der Waals surface area contributed by atoms with Crippen LogP contribution in [-0.2, 0) is 0 Å². The van der Waals surface area contributed by atoms with Crippen LogP contribution in [0.15, 0.2) is 24.3 Å². The lowest BCUT2D eigenvalue weighted by molar-refractivity contribution is 0.0964. The summed E-state index contributed by atoms with van der Waals surface area (Å²) in [6, 6.07) is 9.22. The largest absolute Gasteiger partial charge is 0.329 e. The van der Waals surface area contributed by atoms with Crippen LogP contribution < -0.4 is 5.73 Å². The van der Waals surface area contributed by atoms with Gasteiger partial charge in [-0.1, -0.05) is 43.7 Å². The minimum Gasteiger partial charge on any atom is -0.329 e. The standard InChI is InChI=1S/C16H26N2/c1-13-4-6-14(7-5-13)15(12-17)18-10-8-16(2,3)9-11-18/h4-7,15H,8-12,17H2,1-3H3. The Balaban J connectivity index is 2.08. The molecule has 100 valence electrons. The number of rotatable bonds is 3. The van der Waals surface area contributed by atoms with Gasteiger partial charge in [-0.25, -0.2) is 0 Å². The lowest BCUT2D eigenvalue weighted by atomic mass is 9.82. The Morgan fingerprint density at radius 2 is 1.72 bits per heavy atom. The summed E-state index contributed by atoms with van der Waals surface area (Å²) < 4.78 is 0. The summed E-state index contributed by atoms with van der Waals surface area (Å²) in [4.78, 5) is 2.55. The maximum Gasteiger partial charge on any atom is 0.0470 e. The highest BCUT2D eigenvalue weighted by atomic mass is 15.2. The van der Waals surface area contributed by atoms with Gasteiger partial charge in [0.1, 0.15) is 0 Å². The number of hydrogen-bond donors (Lipinski definition) is 1. The van der Waals surface area contributed by atoms with E-state index in [-0.39, 0.29) is 0 Å². The Hall–Kier alpha value is -0.860. The van der Waals surface area contributed by atoms with E-state index in [4.69, 9.17) is 5.73 Å². The summed E-state index contributed by atoms with van der Waals surface area (Å²) in [5.74, 6) is 0. The zero-order chi connectivity index (χ0) is 13.2. The molecule has 1 unspecified atom stereocenters. The first-order valence-electron chi connectivity index (χ1n) is 7.02. The third kappa shape index (κ3) is 3.12. The number of aryl methyl sites for hydroxylation is 1. The zero-order valence-electron chi connectivity index (χ0n) is 11.9. The maximum atomic E-state index is 6.00. The molecule has 2 rings (SSSR count). The third-order valence-corrected chi connectivity index (χ3v) is 4.28. The molecule has 1 aliphatic heterocycles. The fourth-order valence-corrected chi connectivity index (χ4v) is 2.73. The van der Waals surface area contributed by atoms with Crippen molar-refractivity contribution in [1.82, 2.24) is 4.90 Å². The lowest BCUT2D eigenvalue weighted by Gasteiger charge is -2.41. The van der Waals surface area contributed by atoms with Gasteiger partial charge in [-0.05, 0) is 43.8 Å². The summed E-state index contributed by atoms with van der Waals surface area (Å²) in [7, 11) is 0. The van der Waals surface area contributed by atoms with Crippen LogP contribution in [0.4, 0.5) is 0 Å². The predicted octanol–water partition coefficient (Wildman–Crippen LogP) is 3.12. The molecule has 0 saturated carbocycles. The Bertz CT molecular complexity index is 371. The first-order chi connectivity index (χ1) is 8.52. The molecule has 2 heteroatoms. The number of nitrogens with two attached hydrogens (primary N) is 1. The SMILES string of the molecule is Cc1ccc(C(CN)N2CCC(C)(C)CC2)cc1. The molecule has 0 aliphatic carbocycles. The third-order valence-electron chi connectivity index (χ3n) is 4.28. The maximum absolute atomic E-state index is 6.00. The van der Waals surface area contributed by atoms with Crippen molar-refractivity contribution < 1.29 is 0 Å². The minimum atomic E-state index is 0.390. The summed E-state index contributed by atoms with van der Waals surface area (Å²) in [6.07, 6.45) is 2.55. The van der Waals surface area contributed by atoms with Crippen LogP contribution in [0, 0.1) is 12.3 Å². The summed E-state index contributed by atoms with van der Waals surface area (Å²) in [6.45, 7) is 9.92. The topological polar surface area (TPSA) is 29.3 Å². The van der Waals surface area contributed by atoms with E-state index >= 15 is 0 Å². The summed E-state index contributed by atoms with van der Waals surface area (Å²) in [5, 5.41) is 0. The van der Waals surface area contributed by atoms with Crippen LogP contribution in [0.1, 0.15) is 43.9 Å². The molecule has 2 N–H and O–H groups in total. The van der Waals surface area contributed by atoms with Gasteiger partial charge in [0.15, 0.2) is 0 Å². The van der Waals surface area contributed by atoms with Crippen molar-refractivity contribution in [1.29, 1.82) is 0 Å². The van der Waals surface area contributed by atoms with E-state index in [0.29, 0.717) is 18.0 Å². The molecule has 1 fully saturated rings. The molecule has 0 spiro atoms. The van der Waals surface area contributed by atoms with Crippen molar-refractivity contribution in [2.75, 3.05) is 19.6 Å². The molecule has 1 aromatic carbocycles. The van der Waals surface area contributed by atoms with Crippen molar-refractivity contribution in [3.63, 3.8) is 0 Å². The zero-order valence-corrected chi connectivity index (χ0v) is 11.9. The number of piperidine rings is 1. The van der Waals surface area contributed by atoms with Gasteiger partial charge < -0.3 is 5.73 Å². The smallest absolute Gasteiger partial charge is 0.0470 e. The van der Waals surface area contributed by atoms with E-state index in [1.54, 1.807) is 0 Å². The van der Waals surface area contributed by atoms with Gasteiger partial charge >= 0.3 is 0 Å². The molecule has 18 heavy (non-hydrogen) atoms. The Labute approximate surface area is 111 Å². The highest BCUT2D eigenvalue weighted by Crippen LogP contribution is 2.33. The fraction of sp³-hybridized carbons (Fsp3) is 0.625. The molecule has 2 nitrogen and oxygen atoms in total. The van der Waals surface area contributed by atoms with Crippen molar-refractivity contribution in [3.05, 3.63) is 35.4 Å². The van der Waals surface area contributed by atoms with Gasteiger partial charge in [0.2, 0.25) is 0 Å². The van der Waals surface area contributed by atoms with Crippen LogP contribution >= 0.6 is 0 Å². The van der Waals surface area contributed by atoms with E-state index in [1.807, 2.05) is 0 Å². The molecule has 1 aromatic rings. The van der Waals surface area contributed by atoms with Gasteiger partial charge in [-0.3, -0.25) is 4.90 Å². The quantitative estimate of drug-likeness (QED) is 0.888. The van der Waals surface area contributed by atoms with Crippen LogP contribution in [-0.4, -0.2) is 24.5 Å². The Morgan fingerprint density at radius 1 is 1.17 bits per heavy atom. The monoisotopic (exact) mass is 246 g/mol. The second-order valence-corrected chi connectivity index (χ2v) is 6.36. The number of nitrogens with zero attached hydrogens (tertiary/aromatic N) is 1. The van der Waals surface area contributed by atoms with Gasteiger partial charge in [0.25, 0.3) is 0 Å². The number of hydrogen-bond acceptors (Lipinski definition) is 2. The molecule has 1 aliphatic rings. The number of likely N-dealkylation sites (tertiary alicyclic amines) is 1. The van der Waals surface area contributed by atoms with Crippen LogP contribution in [0.5, 0.6) is 0 Å². The fourth-order valence-electron chi connectivity index (χ4n) is 2.73. The first kappa shape index (κ1) is 13.6. The average molecular weight is 246 g/mol. The van der Waals surface area contributed by atoms with Crippen LogP contribution in [0.25, 0.3) is 0 Å². The van der Waals surface area contributed by atoms with Crippen molar-refractivity contribution in [3.8, 4) is 0 Å². The van der Waals surface area contributed by atoms with Crippen molar-refractivity contribution in [2.24, 2.45) is 11.1 Å². The Morgan fingerprint density at radius 3 is 2.22 bits per heavy atom. The lowest BCUT2D eigenvalue weighted by Crippen LogP contribution is -2.42. The van der Waals surface area contributed by atoms with Gasteiger partial charge in [-0.2, -0.15) is 0 Å². The van der Waals surface area contributed by atoms with Gasteiger partial charge in [0, 0.05) is 12.6 Å². The van der Waals surface area contributed by atoms with Gasteiger partial charge in [0.05, 0.1) is 0 Å². The second kappa shape index (κ2) is 5.41. The number of benzene rings is 1. The summed E-state index contributed by atoms with van der Waals surface area (Å²) in [5.41, 5.74) is 9.18. The van der Waals surface area contributed by atoms with E-state index in [2.05, 4.69) is 49.9 Å². The van der Waals surface area contributed by atoms with Crippen molar-refractivity contribution >= 4 is 0 Å². The molecule has 0 amide bonds. The van der Waals surface area contributed by atoms with Crippen LogP contribution in [0.3, 0.4) is 0 Å². The first-order valence-corrected chi connectivity index (χ1v) is 7.02. The average Bonchev–Trinajstić information content (AvgIpc) is 2.34. The molecule has 1 saturated heterocycles. The molecular formula is C16H26N2. The highest BCUT2D eigenvalue weighted by molar-refractivity contribution is 5.24. The molecule has 0 radical (unpaired) electrons. The summed E-state index contributed by atoms with van der Waals surface area (Å²) >= 11 is 0. The molecule has 0 aromatic heterocycles. The Kier molecular flexibility index (Phi) is 4.08. The predicted molar refractivity (Wildman–Crippen MR) is 77.6 cm³/mol. The minimum absolute atomic E-state index is 0.390. The molecule has 0 bridgehead atoms. The molecule has 1 heterocycles.